The van der Waals surface area contributed by atoms with Gasteiger partial charge in [-0.25, -0.2) is 9.59 Å². The van der Waals surface area contributed by atoms with Gasteiger partial charge in [-0.3, -0.25) is 0 Å². The van der Waals surface area contributed by atoms with Gasteiger partial charge in [0.25, 0.3) is 0 Å². The minimum atomic E-state index is -1.30. The lowest BCUT2D eigenvalue weighted by molar-refractivity contribution is -0.143. The molecule has 1 aliphatic heterocycles. The second-order valence-corrected chi connectivity index (χ2v) is 5.03. The van der Waals surface area contributed by atoms with E-state index in [2.05, 4.69) is 10.6 Å². The van der Waals surface area contributed by atoms with Gasteiger partial charge in [-0.1, -0.05) is 13.3 Å². The van der Waals surface area contributed by atoms with Gasteiger partial charge in [0, 0.05) is 11.8 Å². The van der Waals surface area contributed by atoms with E-state index in [4.69, 9.17) is 9.47 Å². The number of aliphatic carboxylic acids is 1. The molecule has 1 atom stereocenters. The largest absolute Gasteiger partial charge is 0.480 e. The lowest BCUT2D eigenvalue weighted by Gasteiger charge is -2.25. The maximum absolute atomic E-state index is 11.9. The number of urea groups is 1. The van der Waals surface area contributed by atoms with Crippen LogP contribution in [0.2, 0.25) is 0 Å². The quantitative estimate of drug-likeness (QED) is 0.773. The monoisotopic (exact) mass is 294 g/mol. The van der Waals surface area contributed by atoms with E-state index in [9.17, 15) is 14.7 Å². The topological polar surface area (TPSA) is 96.9 Å². The molecule has 3 N–H and O–H groups in total. The summed E-state index contributed by atoms with van der Waals surface area (Å²) in [4.78, 5) is 23.2. The lowest BCUT2D eigenvalue weighted by atomic mass is 9.97. The number of amides is 2. The predicted molar refractivity (Wildman–Crippen MR) is 75.7 cm³/mol. The number of rotatable bonds is 5. The summed E-state index contributed by atoms with van der Waals surface area (Å²) >= 11 is 0. The van der Waals surface area contributed by atoms with E-state index < -0.39 is 17.5 Å². The summed E-state index contributed by atoms with van der Waals surface area (Å²) in [5.41, 5.74) is -0.796. The van der Waals surface area contributed by atoms with Crippen molar-refractivity contribution >= 4 is 17.7 Å². The molecule has 0 aliphatic carbocycles. The minimum absolute atomic E-state index is 0.151. The standard InChI is InChI=1S/C14H18N2O5/c1-3-6-14(2,12(17)18)16-13(19)15-9-4-5-10-11(7-9)21-8-20-10/h4-5,7H,3,6,8H2,1-2H3,(H,17,18)(H2,15,16,19). The third-order valence-corrected chi connectivity index (χ3v) is 3.24. The maximum atomic E-state index is 11.9. The van der Waals surface area contributed by atoms with Crippen LogP contribution in [0, 0.1) is 0 Å². The average molecular weight is 294 g/mol. The molecule has 114 valence electrons. The third kappa shape index (κ3) is 3.36. The second-order valence-electron chi connectivity index (χ2n) is 5.03. The summed E-state index contributed by atoms with van der Waals surface area (Å²) in [6, 6.07) is 4.39. The van der Waals surface area contributed by atoms with Gasteiger partial charge >= 0.3 is 12.0 Å². The van der Waals surface area contributed by atoms with Crippen LogP contribution in [-0.2, 0) is 4.79 Å². The number of hydrogen-bond donors (Lipinski definition) is 3. The molecule has 2 rings (SSSR count). The Morgan fingerprint density at radius 1 is 1.33 bits per heavy atom. The van der Waals surface area contributed by atoms with Crippen molar-refractivity contribution in [2.45, 2.75) is 32.2 Å². The van der Waals surface area contributed by atoms with Crippen LogP contribution in [0.25, 0.3) is 0 Å². The van der Waals surface area contributed by atoms with E-state index in [-0.39, 0.29) is 6.79 Å². The Hall–Kier alpha value is -2.44. The van der Waals surface area contributed by atoms with Crippen molar-refractivity contribution in [1.82, 2.24) is 5.32 Å². The van der Waals surface area contributed by atoms with Gasteiger partial charge in [-0.05, 0) is 25.5 Å². The molecule has 0 aromatic heterocycles. The molecule has 0 saturated carbocycles. The van der Waals surface area contributed by atoms with Crippen molar-refractivity contribution in [3.8, 4) is 11.5 Å². The number of nitrogens with one attached hydrogen (secondary N) is 2. The van der Waals surface area contributed by atoms with Crippen molar-refractivity contribution in [2.24, 2.45) is 0 Å². The van der Waals surface area contributed by atoms with Crippen molar-refractivity contribution in [2.75, 3.05) is 12.1 Å². The predicted octanol–water partition coefficient (Wildman–Crippen LogP) is 2.18. The van der Waals surface area contributed by atoms with Gasteiger partial charge in [-0.15, -0.1) is 0 Å². The zero-order chi connectivity index (χ0) is 15.5. The molecule has 21 heavy (non-hydrogen) atoms. The number of benzene rings is 1. The third-order valence-electron chi connectivity index (χ3n) is 3.24. The molecular weight excluding hydrogens is 276 g/mol. The minimum Gasteiger partial charge on any atom is -0.480 e. The first-order valence-corrected chi connectivity index (χ1v) is 6.67. The number of carboxylic acids is 1. The van der Waals surface area contributed by atoms with Gasteiger partial charge in [0.2, 0.25) is 6.79 Å². The van der Waals surface area contributed by atoms with Crippen LogP contribution >= 0.6 is 0 Å². The molecule has 0 saturated heterocycles. The highest BCUT2D eigenvalue weighted by Crippen LogP contribution is 2.34. The van der Waals surface area contributed by atoms with Crippen molar-refractivity contribution < 1.29 is 24.2 Å². The maximum Gasteiger partial charge on any atom is 0.329 e. The molecule has 0 bridgehead atoms. The van der Waals surface area contributed by atoms with Crippen molar-refractivity contribution in [1.29, 1.82) is 0 Å². The lowest BCUT2D eigenvalue weighted by Crippen LogP contribution is -2.53. The Morgan fingerprint density at radius 2 is 2.05 bits per heavy atom. The van der Waals surface area contributed by atoms with Crippen LogP contribution in [-0.4, -0.2) is 29.4 Å². The zero-order valence-corrected chi connectivity index (χ0v) is 11.9. The Morgan fingerprint density at radius 3 is 2.71 bits per heavy atom. The smallest absolute Gasteiger partial charge is 0.329 e. The van der Waals surface area contributed by atoms with E-state index in [1.54, 1.807) is 18.2 Å². The number of ether oxygens (including phenoxy) is 2. The zero-order valence-electron chi connectivity index (χ0n) is 11.9. The van der Waals surface area contributed by atoms with Gasteiger partial charge in [0.1, 0.15) is 5.54 Å². The molecular formula is C14H18N2O5. The second kappa shape index (κ2) is 5.90. The summed E-state index contributed by atoms with van der Waals surface area (Å²) in [5, 5.41) is 14.3. The SMILES string of the molecule is CCCC(C)(NC(=O)Nc1ccc2c(c1)OCO2)C(=O)O. The van der Waals surface area contributed by atoms with Crippen LogP contribution in [0.15, 0.2) is 18.2 Å². The Balaban J connectivity index is 2.02. The van der Waals surface area contributed by atoms with Crippen LogP contribution in [0.5, 0.6) is 11.5 Å². The summed E-state index contributed by atoms with van der Waals surface area (Å²) in [6.45, 7) is 3.50. The fraction of sp³-hybridized carbons (Fsp3) is 0.429. The number of carbonyl (C=O) groups is 2. The molecule has 1 aromatic rings. The Labute approximate surface area is 122 Å². The van der Waals surface area contributed by atoms with E-state index in [0.717, 1.165) is 0 Å². The molecule has 1 heterocycles. The van der Waals surface area contributed by atoms with Crippen LogP contribution in [0.4, 0.5) is 10.5 Å². The summed E-state index contributed by atoms with van der Waals surface area (Å²) < 4.78 is 10.4. The molecule has 0 fully saturated rings. The van der Waals surface area contributed by atoms with Gasteiger partial charge in [0.15, 0.2) is 11.5 Å². The highest BCUT2D eigenvalue weighted by molar-refractivity contribution is 5.94. The van der Waals surface area contributed by atoms with E-state index in [1.165, 1.54) is 6.92 Å². The molecule has 1 aliphatic rings. The molecule has 0 spiro atoms. The summed E-state index contributed by atoms with van der Waals surface area (Å²) in [7, 11) is 0. The number of carbonyl (C=O) groups excluding carboxylic acids is 1. The Kier molecular flexibility index (Phi) is 4.21. The number of anilines is 1. The number of hydrogen-bond acceptors (Lipinski definition) is 4. The molecule has 1 unspecified atom stereocenters. The van der Waals surface area contributed by atoms with Crippen molar-refractivity contribution in [3.05, 3.63) is 18.2 Å². The summed E-state index contributed by atoms with van der Waals surface area (Å²) in [6.07, 6.45) is 0.990. The molecule has 7 heteroatoms. The number of fused-ring (bicyclic) bond motifs is 1. The van der Waals surface area contributed by atoms with E-state index >= 15 is 0 Å². The fourth-order valence-corrected chi connectivity index (χ4v) is 2.11. The fourth-order valence-electron chi connectivity index (χ4n) is 2.11. The highest BCUT2D eigenvalue weighted by atomic mass is 16.7. The van der Waals surface area contributed by atoms with E-state index in [0.29, 0.717) is 30.0 Å². The first kappa shape index (κ1) is 15.0. The average Bonchev–Trinajstić information content (AvgIpc) is 2.85. The number of carboxylic acid groups (broad SMARTS) is 1. The summed E-state index contributed by atoms with van der Waals surface area (Å²) in [5.74, 6) is 0.0925. The van der Waals surface area contributed by atoms with Gasteiger partial charge in [-0.2, -0.15) is 0 Å². The first-order chi connectivity index (χ1) is 9.94. The van der Waals surface area contributed by atoms with Gasteiger partial charge in [0.05, 0.1) is 0 Å². The highest BCUT2D eigenvalue weighted by Gasteiger charge is 2.33. The normalized spacial score (nSPS) is 15.1. The first-order valence-electron chi connectivity index (χ1n) is 6.67. The molecule has 2 amide bonds. The van der Waals surface area contributed by atoms with Crippen LogP contribution in [0.1, 0.15) is 26.7 Å². The van der Waals surface area contributed by atoms with Crippen LogP contribution < -0.4 is 20.1 Å². The Bertz CT molecular complexity index is 560. The molecule has 7 nitrogen and oxygen atoms in total. The van der Waals surface area contributed by atoms with Crippen molar-refractivity contribution in [3.63, 3.8) is 0 Å². The van der Waals surface area contributed by atoms with Gasteiger partial charge < -0.3 is 25.2 Å². The van der Waals surface area contributed by atoms with E-state index in [1.807, 2.05) is 6.92 Å². The van der Waals surface area contributed by atoms with Crippen LogP contribution in [0.3, 0.4) is 0 Å². The molecule has 1 aromatic carbocycles. The molecule has 0 radical (unpaired) electrons.